The lowest BCUT2D eigenvalue weighted by molar-refractivity contribution is -0.159. The number of amides is 2. The molecule has 6 aliphatic rings. The Bertz CT molecular complexity index is 793. The Morgan fingerprint density at radius 3 is 1.74 bits per heavy atom. The van der Waals surface area contributed by atoms with Gasteiger partial charge in [0, 0.05) is 52.4 Å². The van der Waals surface area contributed by atoms with E-state index in [9.17, 15) is 18.0 Å². The average Bonchev–Trinajstić information content (AvgIpc) is 2.72. The number of nitrogens with zero attached hydrogens (tertiary/aromatic N) is 4. The summed E-state index contributed by atoms with van der Waals surface area (Å²) >= 11 is 0. The summed E-state index contributed by atoms with van der Waals surface area (Å²) in [6.45, 7) is 4.94. The molecule has 4 saturated carbocycles. The van der Waals surface area contributed by atoms with E-state index in [4.69, 9.17) is 0 Å². The average molecular weight is 453 g/mol. The van der Waals surface area contributed by atoms with Crippen LogP contribution in [-0.4, -0.2) is 104 Å². The molecule has 4 bridgehead atoms. The monoisotopic (exact) mass is 452 g/mol. The largest absolute Gasteiger partial charge is 0.340 e. The maximum absolute atomic E-state index is 13.5. The van der Waals surface area contributed by atoms with Crippen molar-refractivity contribution in [2.24, 2.45) is 23.2 Å². The molecule has 6 fully saturated rings. The Labute approximate surface area is 185 Å². The third-order valence-electron chi connectivity index (χ3n) is 8.57. The molecule has 2 aliphatic heterocycles. The molecule has 0 aromatic heterocycles. The summed E-state index contributed by atoms with van der Waals surface area (Å²) in [5.74, 6) is 2.79. The van der Waals surface area contributed by atoms with Crippen molar-refractivity contribution in [3.8, 4) is 0 Å². The van der Waals surface area contributed by atoms with Gasteiger partial charge in [-0.25, -0.2) is 8.42 Å². The van der Waals surface area contributed by atoms with Gasteiger partial charge in [0.1, 0.15) is 0 Å². The lowest BCUT2D eigenvalue weighted by atomic mass is 9.49. The minimum atomic E-state index is -3.19. The molecule has 0 aromatic carbocycles. The molecule has 0 unspecified atom stereocenters. The van der Waals surface area contributed by atoms with Crippen LogP contribution in [-0.2, 0) is 19.6 Å². The molecule has 2 saturated heterocycles. The minimum absolute atomic E-state index is 0.0639. The van der Waals surface area contributed by atoms with Gasteiger partial charge in [0.05, 0.1) is 18.2 Å². The van der Waals surface area contributed by atoms with E-state index in [1.54, 1.807) is 4.90 Å². The Morgan fingerprint density at radius 1 is 0.774 bits per heavy atom. The van der Waals surface area contributed by atoms with Gasteiger partial charge in [-0.1, -0.05) is 0 Å². The second kappa shape index (κ2) is 7.99. The highest BCUT2D eigenvalue weighted by Gasteiger charge is 2.55. The summed E-state index contributed by atoms with van der Waals surface area (Å²) in [5, 5.41) is 0. The molecule has 174 valence electrons. The first-order valence-electron chi connectivity index (χ1n) is 12.0. The number of carbonyl (C=O) groups is 2. The number of rotatable bonds is 4. The van der Waals surface area contributed by atoms with Gasteiger partial charge < -0.3 is 9.80 Å². The quantitative estimate of drug-likeness (QED) is 0.619. The van der Waals surface area contributed by atoms with Gasteiger partial charge in [-0.05, 0) is 56.3 Å². The highest BCUT2D eigenvalue weighted by atomic mass is 32.2. The molecule has 2 amide bonds. The number of hydrogen-bond donors (Lipinski definition) is 0. The summed E-state index contributed by atoms with van der Waals surface area (Å²) in [6, 6.07) is 0. The molecule has 8 nitrogen and oxygen atoms in total. The van der Waals surface area contributed by atoms with Crippen LogP contribution in [0.1, 0.15) is 38.5 Å². The van der Waals surface area contributed by atoms with Crippen molar-refractivity contribution in [1.29, 1.82) is 0 Å². The SMILES string of the molecule is CS(=O)(=O)N1CCN(C(=O)CN2CCN(C(=O)C34CC5CC(CC(C5)C3)C4)CC2)CC1. The van der Waals surface area contributed by atoms with Crippen molar-refractivity contribution in [3.05, 3.63) is 0 Å². The Kier molecular flexibility index (Phi) is 5.58. The molecule has 9 heteroatoms. The van der Waals surface area contributed by atoms with Crippen molar-refractivity contribution in [1.82, 2.24) is 19.0 Å². The predicted molar refractivity (Wildman–Crippen MR) is 117 cm³/mol. The fourth-order valence-corrected chi connectivity index (χ4v) is 8.20. The van der Waals surface area contributed by atoms with E-state index in [0.29, 0.717) is 38.6 Å². The van der Waals surface area contributed by atoms with Gasteiger partial charge in [0.15, 0.2) is 0 Å². The standard InChI is InChI=1S/C22H36N4O4S/c1-31(29,30)26-8-6-24(7-9-26)20(27)16-23-2-4-25(5-3-23)21(28)22-13-17-10-18(14-22)12-19(11-17)15-22/h17-19H,2-16H2,1H3. The highest BCUT2D eigenvalue weighted by molar-refractivity contribution is 7.88. The zero-order valence-electron chi connectivity index (χ0n) is 18.7. The zero-order valence-corrected chi connectivity index (χ0v) is 19.5. The van der Waals surface area contributed by atoms with Crippen LogP contribution in [0.2, 0.25) is 0 Å². The molecule has 0 radical (unpaired) electrons. The molecule has 0 atom stereocenters. The zero-order chi connectivity index (χ0) is 21.8. The Morgan fingerprint density at radius 2 is 1.26 bits per heavy atom. The first-order valence-corrected chi connectivity index (χ1v) is 13.8. The molecule has 0 aromatic rings. The predicted octanol–water partition coefficient (Wildman–Crippen LogP) is 0.451. The van der Waals surface area contributed by atoms with Gasteiger partial charge in [-0.2, -0.15) is 4.31 Å². The minimum Gasteiger partial charge on any atom is -0.340 e. The van der Waals surface area contributed by atoms with Crippen LogP contribution in [0.15, 0.2) is 0 Å². The maximum Gasteiger partial charge on any atom is 0.236 e. The van der Waals surface area contributed by atoms with Gasteiger partial charge in [-0.15, -0.1) is 0 Å². The normalized spacial score (nSPS) is 36.7. The molecule has 31 heavy (non-hydrogen) atoms. The van der Waals surface area contributed by atoms with Crippen LogP contribution in [0.3, 0.4) is 0 Å². The fraction of sp³-hybridized carbons (Fsp3) is 0.909. The van der Waals surface area contributed by atoms with Gasteiger partial charge in [0.25, 0.3) is 0 Å². The van der Waals surface area contributed by atoms with Crippen molar-refractivity contribution in [2.45, 2.75) is 38.5 Å². The lowest BCUT2D eigenvalue weighted by Gasteiger charge is -2.57. The van der Waals surface area contributed by atoms with E-state index in [2.05, 4.69) is 9.80 Å². The van der Waals surface area contributed by atoms with Crippen LogP contribution < -0.4 is 0 Å². The van der Waals surface area contributed by atoms with Crippen molar-refractivity contribution >= 4 is 21.8 Å². The number of hydrogen-bond acceptors (Lipinski definition) is 5. The summed E-state index contributed by atoms with van der Waals surface area (Å²) < 4.78 is 24.7. The second-order valence-corrected chi connectivity index (χ2v) is 12.8. The molecule has 0 spiro atoms. The van der Waals surface area contributed by atoms with Crippen LogP contribution >= 0.6 is 0 Å². The first kappa shape index (κ1) is 21.6. The van der Waals surface area contributed by atoms with Gasteiger partial charge >= 0.3 is 0 Å². The second-order valence-electron chi connectivity index (χ2n) is 10.8. The summed E-state index contributed by atoms with van der Waals surface area (Å²) in [6.07, 6.45) is 8.58. The summed E-state index contributed by atoms with van der Waals surface area (Å²) in [5.41, 5.74) is -0.0774. The maximum atomic E-state index is 13.5. The van der Waals surface area contributed by atoms with Crippen LogP contribution in [0.4, 0.5) is 0 Å². The van der Waals surface area contributed by atoms with Crippen molar-refractivity contribution < 1.29 is 18.0 Å². The first-order chi connectivity index (χ1) is 14.7. The molecule has 6 rings (SSSR count). The van der Waals surface area contributed by atoms with E-state index in [1.165, 1.54) is 29.8 Å². The van der Waals surface area contributed by atoms with Crippen molar-refractivity contribution in [2.75, 3.05) is 65.2 Å². The molecule has 0 N–H and O–H groups in total. The molecule has 2 heterocycles. The summed E-state index contributed by atoms with van der Waals surface area (Å²) in [4.78, 5) is 32.2. The molecular formula is C22H36N4O4S. The molecular weight excluding hydrogens is 416 g/mol. The number of sulfonamides is 1. The van der Waals surface area contributed by atoms with Gasteiger partial charge in [0.2, 0.25) is 21.8 Å². The van der Waals surface area contributed by atoms with E-state index in [-0.39, 0.29) is 11.3 Å². The highest BCUT2D eigenvalue weighted by Crippen LogP contribution is 2.60. The van der Waals surface area contributed by atoms with Crippen LogP contribution in [0.25, 0.3) is 0 Å². The van der Waals surface area contributed by atoms with E-state index >= 15 is 0 Å². The molecule has 4 aliphatic carbocycles. The van der Waals surface area contributed by atoms with Gasteiger partial charge in [-0.3, -0.25) is 14.5 Å². The number of piperazine rings is 2. The van der Waals surface area contributed by atoms with Crippen molar-refractivity contribution in [3.63, 3.8) is 0 Å². The third kappa shape index (κ3) is 4.25. The van der Waals surface area contributed by atoms with E-state index < -0.39 is 10.0 Å². The lowest BCUT2D eigenvalue weighted by Crippen LogP contribution is -2.59. The van der Waals surface area contributed by atoms with Crippen LogP contribution in [0, 0.1) is 23.2 Å². The Hall–Kier alpha value is -1.19. The summed E-state index contributed by atoms with van der Waals surface area (Å²) in [7, 11) is -3.19. The van der Waals surface area contributed by atoms with E-state index in [1.807, 2.05) is 0 Å². The Balaban J connectivity index is 1.10. The smallest absolute Gasteiger partial charge is 0.236 e. The third-order valence-corrected chi connectivity index (χ3v) is 9.87. The fourth-order valence-electron chi connectivity index (χ4n) is 7.38. The van der Waals surface area contributed by atoms with E-state index in [0.717, 1.165) is 63.2 Å². The van der Waals surface area contributed by atoms with Crippen LogP contribution in [0.5, 0.6) is 0 Å². The number of carbonyl (C=O) groups excluding carboxylic acids is 2. The topological polar surface area (TPSA) is 81.2 Å².